The Labute approximate surface area is 195 Å². The Morgan fingerprint density at radius 3 is 2.70 bits per heavy atom. The summed E-state index contributed by atoms with van der Waals surface area (Å²) in [6, 6.07) is 10.3. The van der Waals surface area contributed by atoms with Gasteiger partial charge in [0, 0.05) is 35.8 Å². The van der Waals surface area contributed by atoms with Crippen molar-refractivity contribution in [2.75, 3.05) is 19.6 Å². The number of furan rings is 1. The zero-order chi connectivity index (χ0) is 20.9. The average molecular weight is 524 g/mol. The maximum absolute atomic E-state index is 10.9. The van der Waals surface area contributed by atoms with E-state index in [2.05, 4.69) is 45.0 Å². The number of nitrogens with one attached hydrogen (secondary N) is 3. The van der Waals surface area contributed by atoms with Gasteiger partial charge in [0.15, 0.2) is 5.96 Å². The van der Waals surface area contributed by atoms with Crippen molar-refractivity contribution in [1.82, 2.24) is 15.6 Å². The van der Waals surface area contributed by atoms with Crippen LogP contribution in [-0.2, 0) is 12.0 Å². The zero-order valence-electron chi connectivity index (χ0n) is 18.2. The molecule has 6 nitrogen and oxygen atoms in total. The summed E-state index contributed by atoms with van der Waals surface area (Å²) < 4.78 is 5.56. The Morgan fingerprint density at radius 2 is 2.00 bits per heavy atom. The Balaban J connectivity index is 0.00000320. The van der Waals surface area contributed by atoms with Crippen molar-refractivity contribution in [3.63, 3.8) is 0 Å². The van der Waals surface area contributed by atoms with Crippen molar-refractivity contribution >= 4 is 40.8 Å². The third-order valence-electron chi connectivity index (χ3n) is 5.10. The second kappa shape index (κ2) is 10.9. The molecule has 0 bridgehead atoms. The summed E-state index contributed by atoms with van der Waals surface area (Å²) in [5, 5.41) is 18.8. The number of nitrogens with zero attached hydrogens (tertiary/aromatic N) is 1. The fourth-order valence-corrected chi connectivity index (χ4v) is 3.65. The molecule has 3 rings (SSSR count). The maximum Gasteiger partial charge on any atom is 0.191 e. The van der Waals surface area contributed by atoms with Crippen molar-refractivity contribution in [2.24, 2.45) is 4.99 Å². The van der Waals surface area contributed by atoms with Crippen LogP contribution in [0.15, 0.2) is 45.9 Å². The minimum absolute atomic E-state index is 0. The Morgan fingerprint density at radius 1 is 1.23 bits per heavy atom. The largest absolute Gasteiger partial charge is 0.466 e. The number of aromatic nitrogens is 1. The van der Waals surface area contributed by atoms with Crippen LogP contribution >= 0.6 is 24.0 Å². The highest BCUT2D eigenvalue weighted by Crippen LogP contribution is 2.27. The molecule has 164 valence electrons. The van der Waals surface area contributed by atoms with E-state index in [1.165, 1.54) is 16.5 Å². The van der Waals surface area contributed by atoms with Gasteiger partial charge in [-0.2, -0.15) is 0 Å². The molecular formula is C23H33IN4O2. The number of hydrogen-bond donors (Lipinski definition) is 4. The molecule has 30 heavy (non-hydrogen) atoms. The molecule has 1 unspecified atom stereocenters. The van der Waals surface area contributed by atoms with Crippen LogP contribution in [0.3, 0.4) is 0 Å². The second-order valence-corrected chi connectivity index (χ2v) is 7.69. The van der Waals surface area contributed by atoms with E-state index in [0.29, 0.717) is 5.96 Å². The van der Waals surface area contributed by atoms with Gasteiger partial charge in [-0.25, -0.2) is 4.99 Å². The van der Waals surface area contributed by atoms with Crippen LogP contribution in [0.4, 0.5) is 0 Å². The van der Waals surface area contributed by atoms with E-state index in [-0.39, 0.29) is 30.5 Å². The molecule has 0 radical (unpaired) electrons. The van der Waals surface area contributed by atoms with E-state index in [0.717, 1.165) is 43.0 Å². The van der Waals surface area contributed by atoms with Crippen LogP contribution < -0.4 is 10.6 Å². The van der Waals surface area contributed by atoms with E-state index in [1.54, 1.807) is 6.92 Å². The molecule has 0 saturated heterocycles. The predicted octanol–water partition coefficient (Wildman–Crippen LogP) is 4.39. The molecule has 0 aliphatic heterocycles. The summed E-state index contributed by atoms with van der Waals surface area (Å²) in [6.45, 7) is 9.38. The van der Waals surface area contributed by atoms with Gasteiger partial charge in [-0.1, -0.05) is 18.2 Å². The van der Waals surface area contributed by atoms with E-state index in [1.807, 2.05) is 32.9 Å². The number of hydrogen-bond acceptors (Lipinski definition) is 3. The van der Waals surface area contributed by atoms with Gasteiger partial charge in [0.05, 0.1) is 6.54 Å². The van der Waals surface area contributed by atoms with Gasteiger partial charge in [-0.3, -0.25) is 0 Å². The number of aliphatic hydroxyl groups is 1. The van der Waals surface area contributed by atoms with E-state index >= 15 is 0 Å². The van der Waals surface area contributed by atoms with Crippen molar-refractivity contribution in [3.8, 4) is 0 Å². The van der Waals surface area contributed by atoms with Gasteiger partial charge in [-0.15, -0.1) is 24.0 Å². The molecule has 0 saturated carbocycles. The predicted molar refractivity (Wildman–Crippen MR) is 134 cm³/mol. The molecule has 0 amide bonds. The Hall–Kier alpha value is -2.00. The van der Waals surface area contributed by atoms with E-state index in [4.69, 9.17) is 4.42 Å². The number of halogens is 1. The molecule has 2 aromatic heterocycles. The van der Waals surface area contributed by atoms with Crippen molar-refractivity contribution in [2.45, 2.75) is 46.1 Å². The van der Waals surface area contributed by atoms with E-state index in [9.17, 15) is 5.11 Å². The maximum atomic E-state index is 10.9. The second-order valence-electron chi connectivity index (χ2n) is 7.69. The summed E-state index contributed by atoms with van der Waals surface area (Å²) in [6.07, 6.45) is 4.07. The SMILES string of the molecule is CCNC(=NCC(C)(O)c1cc(C)oc1C)NCCCc1c[nH]c2ccccc12.I. The molecule has 0 aliphatic carbocycles. The lowest BCUT2D eigenvalue weighted by Gasteiger charge is -2.21. The van der Waals surface area contributed by atoms with Gasteiger partial charge >= 0.3 is 0 Å². The summed E-state index contributed by atoms with van der Waals surface area (Å²) in [7, 11) is 0. The number of rotatable bonds is 8. The minimum atomic E-state index is -1.08. The normalized spacial score (nSPS) is 13.7. The third kappa shape index (κ3) is 6.01. The highest BCUT2D eigenvalue weighted by atomic mass is 127. The van der Waals surface area contributed by atoms with Crippen molar-refractivity contribution in [3.05, 3.63) is 59.2 Å². The summed E-state index contributed by atoms with van der Waals surface area (Å²) in [5.74, 6) is 2.24. The van der Waals surface area contributed by atoms with Gasteiger partial charge in [-0.05, 0) is 58.2 Å². The molecule has 4 N–H and O–H groups in total. The third-order valence-corrected chi connectivity index (χ3v) is 5.10. The number of para-hydroxylation sites is 1. The molecule has 1 atom stereocenters. The first-order valence-corrected chi connectivity index (χ1v) is 10.3. The lowest BCUT2D eigenvalue weighted by atomic mass is 9.96. The van der Waals surface area contributed by atoms with Gasteiger partial charge < -0.3 is 25.1 Å². The lowest BCUT2D eigenvalue weighted by molar-refractivity contribution is 0.0657. The Kier molecular flexibility index (Phi) is 8.78. The minimum Gasteiger partial charge on any atom is -0.466 e. The van der Waals surface area contributed by atoms with Gasteiger partial charge in [0.1, 0.15) is 17.1 Å². The van der Waals surface area contributed by atoms with Crippen LogP contribution in [0.5, 0.6) is 0 Å². The van der Waals surface area contributed by atoms with Crippen LogP contribution in [0.2, 0.25) is 0 Å². The number of benzene rings is 1. The number of guanidine groups is 1. The van der Waals surface area contributed by atoms with Gasteiger partial charge in [0.2, 0.25) is 0 Å². The molecule has 0 spiro atoms. The molecule has 0 aliphatic rings. The first-order chi connectivity index (χ1) is 13.9. The van der Waals surface area contributed by atoms with Crippen LogP contribution in [0.1, 0.15) is 42.9 Å². The van der Waals surface area contributed by atoms with Crippen LogP contribution in [0.25, 0.3) is 10.9 Å². The number of aliphatic imine (C=N–C) groups is 1. The van der Waals surface area contributed by atoms with Crippen molar-refractivity contribution < 1.29 is 9.52 Å². The Bertz CT molecular complexity index is 975. The first-order valence-electron chi connectivity index (χ1n) is 10.3. The number of fused-ring (bicyclic) bond motifs is 1. The molecule has 0 fully saturated rings. The number of aryl methyl sites for hydroxylation is 3. The molecule has 2 heterocycles. The topological polar surface area (TPSA) is 85.6 Å². The smallest absolute Gasteiger partial charge is 0.191 e. The molecule has 1 aromatic carbocycles. The van der Waals surface area contributed by atoms with Crippen LogP contribution in [0, 0.1) is 13.8 Å². The lowest BCUT2D eigenvalue weighted by Crippen LogP contribution is -2.39. The average Bonchev–Trinajstić information content (AvgIpc) is 3.26. The highest BCUT2D eigenvalue weighted by Gasteiger charge is 2.27. The highest BCUT2D eigenvalue weighted by molar-refractivity contribution is 14.0. The fourth-order valence-electron chi connectivity index (χ4n) is 3.65. The quantitative estimate of drug-likeness (QED) is 0.152. The summed E-state index contributed by atoms with van der Waals surface area (Å²) in [5.41, 5.74) is 2.22. The van der Waals surface area contributed by atoms with Gasteiger partial charge in [0.25, 0.3) is 0 Å². The van der Waals surface area contributed by atoms with E-state index < -0.39 is 5.60 Å². The fraction of sp³-hybridized carbons (Fsp3) is 0.435. The standard InChI is InChI=1S/C23H32N4O2.HI/c1-5-24-22(27-15-23(4,28)20-13-16(2)29-17(20)3)25-12-8-9-18-14-26-21-11-7-6-10-19(18)21;/h6-7,10-11,13-14,26,28H,5,8-9,12,15H2,1-4H3,(H2,24,25,27);1H. The molecule has 7 heteroatoms. The molecule has 3 aromatic rings. The van der Waals surface area contributed by atoms with Crippen LogP contribution in [-0.4, -0.2) is 35.7 Å². The molecular weight excluding hydrogens is 491 g/mol. The number of H-pyrrole nitrogens is 1. The zero-order valence-corrected chi connectivity index (χ0v) is 20.5. The first kappa shape index (κ1) is 24.3. The summed E-state index contributed by atoms with van der Waals surface area (Å²) >= 11 is 0. The monoisotopic (exact) mass is 524 g/mol. The summed E-state index contributed by atoms with van der Waals surface area (Å²) in [4.78, 5) is 7.92. The number of aromatic amines is 1. The van der Waals surface area contributed by atoms with Crippen molar-refractivity contribution in [1.29, 1.82) is 0 Å².